The SMILES string of the molecule is COCCNc1cnnc(NCc2ccc(F)cc2)n1. The lowest BCUT2D eigenvalue weighted by Gasteiger charge is -2.07. The van der Waals surface area contributed by atoms with Gasteiger partial charge in [0.2, 0.25) is 5.95 Å². The topological polar surface area (TPSA) is 72.0 Å². The van der Waals surface area contributed by atoms with E-state index in [0.717, 1.165) is 5.56 Å². The Morgan fingerprint density at radius 2 is 2.00 bits per heavy atom. The van der Waals surface area contributed by atoms with Crippen LogP contribution < -0.4 is 10.6 Å². The van der Waals surface area contributed by atoms with Gasteiger partial charge in [0.15, 0.2) is 5.82 Å². The van der Waals surface area contributed by atoms with Crippen LogP contribution in [0.1, 0.15) is 5.56 Å². The highest BCUT2D eigenvalue weighted by molar-refractivity contribution is 5.37. The van der Waals surface area contributed by atoms with E-state index in [0.29, 0.717) is 31.5 Å². The zero-order valence-corrected chi connectivity index (χ0v) is 11.1. The van der Waals surface area contributed by atoms with Crippen molar-refractivity contribution in [3.8, 4) is 0 Å². The van der Waals surface area contributed by atoms with Gasteiger partial charge in [-0.05, 0) is 17.7 Å². The number of methoxy groups -OCH3 is 1. The number of anilines is 2. The van der Waals surface area contributed by atoms with Crippen LogP contribution in [0.25, 0.3) is 0 Å². The fourth-order valence-corrected chi connectivity index (χ4v) is 1.53. The van der Waals surface area contributed by atoms with Crippen LogP contribution in [0.4, 0.5) is 16.2 Å². The van der Waals surface area contributed by atoms with E-state index in [9.17, 15) is 4.39 Å². The Balaban J connectivity index is 1.89. The van der Waals surface area contributed by atoms with Gasteiger partial charge in [-0.25, -0.2) is 4.39 Å². The zero-order chi connectivity index (χ0) is 14.2. The van der Waals surface area contributed by atoms with Crippen molar-refractivity contribution >= 4 is 11.8 Å². The summed E-state index contributed by atoms with van der Waals surface area (Å²) in [6, 6.07) is 6.24. The van der Waals surface area contributed by atoms with Crippen molar-refractivity contribution in [2.45, 2.75) is 6.54 Å². The highest BCUT2D eigenvalue weighted by atomic mass is 19.1. The maximum atomic E-state index is 12.8. The van der Waals surface area contributed by atoms with Gasteiger partial charge in [0.1, 0.15) is 5.82 Å². The van der Waals surface area contributed by atoms with E-state index < -0.39 is 0 Å². The summed E-state index contributed by atoms with van der Waals surface area (Å²) in [7, 11) is 1.63. The number of nitrogens with zero attached hydrogens (tertiary/aromatic N) is 3. The minimum absolute atomic E-state index is 0.254. The van der Waals surface area contributed by atoms with E-state index in [2.05, 4.69) is 25.8 Å². The summed E-state index contributed by atoms with van der Waals surface area (Å²) < 4.78 is 17.7. The van der Waals surface area contributed by atoms with Crippen LogP contribution in [0.15, 0.2) is 30.5 Å². The normalized spacial score (nSPS) is 10.3. The fraction of sp³-hybridized carbons (Fsp3) is 0.308. The molecule has 2 N–H and O–H groups in total. The average Bonchev–Trinajstić information content (AvgIpc) is 2.47. The molecule has 0 unspecified atom stereocenters. The Kier molecular flexibility index (Phi) is 5.19. The Hall–Kier alpha value is -2.28. The first-order valence-electron chi connectivity index (χ1n) is 6.19. The molecule has 0 aliphatic rings. The molecule has 1 aromatic heterocycles. The predicted octanol–water partition coefficient (Wildman–Crippen LogP) is 1.68. The second-order valence-corrected chi connectivity index (χ2v) is 4.06. The van der Waals surface area contributed by atoms with Crippen molar-refractivity contribution in [2.24, 2.45) is 0 Å². The summed E-state index contributed by atoms with van der Waals surface area (Å²) in [6.07, 6.45) is 1.54. The molecule has 0 radical (unpaired) electrons. The molecule has 106 valence electrons. The van der Waals surface area contributed by atoms with E-state index in [-0.39, 0.29) is 5.82 Å². The molecular formula is C13H16FN5O. The van der Waals surface area contributed by atoms with E-state index in [4.69, 9.17) is 4.74 Å². The zero-order valence-electron chi connectivity index (χ0n) is 11.1. The first-order valence-corrected chi connectivity index (χ1v) is 6.19. The van der Waals surface area contributed by atoms with Crippen LogP contribution in [0.2, 0.25) is 0 Å². The lowest BCUT2D eigenvalue weighted by molar-refractivity contribution is 0.210. The first kappa shape index (κ1) is 14.1. The van der Waals surface area contributed by atoms with Crippen molar-refractivity contribution in [1.29, 1.82) is 0 Å². The van der Waals surface area contributed by atoms with Gasteiger partial charge in [0, 0.05) is 20.2 Å². The predicted molar refractivity (Wildman–Crippen MR) is 73.9 cm³/mol. The maximum absolute atomic E-state index is 12.8. The van der Waals surface area contributed by atoms with Crippen LogP contribution in [0.3, 0.4) is 0 Å². The summed E-state index contributed by atoms with van der Waals surface area (Å²) in [6.45, 7) is 1.73. The maximum Gasteiger partial charge on any atom is 0.244 e. The van der Waals surface area contributed by atoms with Gasteiger partial charge in [-0.1, -0.05) is 12.1 Å². The molecule has 0 atom stereocenters. The number of hydrogen-bond acceptors (Lipinski definition) is 6. The molecule has 0 aliphatic carbocycles. The lowest BCUT2D eigenvalue weighted by Crippen LogP contribution is -2.11. The van der Waals surface area contributed by atoms with Gasteiger partial charge in [0.05, 0.1) is 12.8 Å². The quantitative estimate of drug-likeness (QED) is 0.750. The third-order valence-electron chi connectivity index (χ3n) is 2.54. The number of benzene rings is 1. The Morgan fingerprint density at radius 1 is 1.20 bits per heavy atom. The molecule has 20 heavy (non-hydrogen) atoms. The van der Waals surface area contributed by atoms with Crippen molar-refractivity contribution < 1.29 is 9.13 Å². The highest BCUT2D eigenvalue weighted by Gasteiger charge is 2.00. The molecule has 1 aromatic carbocycles. The number of halogens is 1. The first-order chi connectivity index (χ1) is 9.78. The van der Waals surface area contributed by atoms with Gasteiger partial charge in [-0.15, -0.1) is 5.10 Å². The Bertz CT molecular complexity index is 535. The molecule has 0 aliphatic heterocycles. The standard InChI is InChI=1S/C13H16FN5O/c1-20-7-6-15-12-9-17-19-13(18-12)16-8-10-2-4-11(14)5-3-10/h2-5,9H,6-8H2,1H3,(H2,15,16,18,19). The summed E-state index contributed by atoms with van der Waals surface area (Å²) >= 11 is 0. The minimum atomic E-state index is -0.254. The molecule has 2 aromatic rings. The number of rotatable bonds is 7. The summed E-state index contributed by atoms with van der Waals surface area (Å²) in [5.41, 5.74) is 0.938. The van der Waals surface area contributed by atoms with Crippen LogP contribution in [-0.4, -0.2) is 35.4 Å². The van der Waals surface area contributed by atoms with Gasteiger partial charge in [0.25, 0.3) is 0 Å². The van der Waals surface area contributed by atoms with Crippen LogP contribution in [-0.2, 0) is 11.3 Å². The fourth-order valence-electron chi connectivity index (χ4n) is 1.53. The molecular weight excluding hydrogens is 261 g/mol. The average molecular weight is 277 g/mol. The summed E-state index contributed by atoms with van der Waals surface area (Å²) in [5.74, 6) is 0.784. The molecule has 7 heteroatoms. The van der Waals surface area contributed by atoms with Crippen LogP contribution in [0, 0.1) is 5.82 Å². The van der Waals surface area contributed by atoms with Gasteiger partial charge in [-0.3, -0.25) is 0 Å². The number of nitrogens with one attached hydrogen (secondary N) is 2. The summed E-state index contributed by atoms with van der Waals surface area (Å²) in [4.78, 5) is 4.25. The van der Waals surface area contributed by atoms with E-state index in [1.54, 1.807) is 25.4 Å². The van der Waals surface area contributed by atoms with Crippen LogP contribution in [0.5, 0.6) is 0 Å². The lowest BCUT2D eigenvalue weighted by atomic mass is 10.2. The number of aromatic nitrogens is 3. The van der Waals surface area contributed by atoms with Crippen molar-refractivity contribution in [3.63, 3.8) is 0 Å². The Labute approximate surface area is 116 Å². The molecule has 0 saturated heterocycles. The van der Waals surface area contributed by atoms with Gasteiger partial charge in [-0.2, -0.15) is 10.1 Å². The molecule has 6 nitrogen and oxygen atoms in total. The third kappa shape index (κ3) is 4.43. The van der Waals surface area contributed by atoms with Crippen molar-refractivity contribution in [1.82, 2.24) is 15.2 Å². The van der Waals surface area contributed by atoms with Crippen molar-refractivity contribution in [3.05, 3.63) is 41.8 Å². The van der Waals surface area contributed by atoms with Gasteiger partial charge < -0.3 is 15.4 Å². The molecule has 2 rings (SSSR count). The minimum Gasteiger partial charge on any atom is -0.383 e. The molecule has 0 saturated carbocycles. The monoisotopic (exact) mass is 277 g/mol. The van der Waals surface area contributed by atoms with E-state index in [1.807, 2.05) is 0 Å². The van der Waals surface area contributed by atoms with Crippen molar-refractivity contribution in [2.75, 3.05) is 30.9 Å². The van der Waals surface area contributed by atoms with E-state index in [1.165, 1.54) is 12.1 Å². The largest absolute Gasteiger partial charge is 0.383 e. The molecule has 0 fully saturated rings. The van der Waals surface area contributed by atoms with Gasteiger partial charge >= 0.3 is 0 Å². The molecule has 0 amide bonds. The number of ether oxygens (including phenoxy) is 1. The van der Waals surface area contributed by atoms with Crippen LogP contribution >= 0.6 is 0 Å². The second-order valence-electron chi connectivity index (χ2n) is 4.06. The Morgan fingerprint density at radius 3 is 2.75 bits per heavy atom. The number of hydrogen-bond donors (Lipinski definition) is 2. The molecule has 0 bridgehead atoms. The second kappa shape index (κ2) is 7.34. The third-order valence-corrected chi connectivity index (χ3v) is 2.54. The smallest absolute Gasteiger partial charge is 0.244 e. The molecule has 0 spiro atoms. The highest BCUT2D eigenvalue weighted by Crippen LogP contribution is 2.07. The molecule has 1 heterocycles. The summed E-state index contributed by atoms with van der Waals surface area (Å²) in [5, 5.41) is 13.8. The van der Waals surface area contributed by atoms with E-state index >= 15 is 0 Å².